The lowest BCUT2D eigenvalue weighted by Gasteiger charge is -2.34. The number of para-hydroxylation sites is 1. The number of aryl methyl sites for hydroxylation is 1. The molecule has 0 radical (unpaired) electrons. The number of benzene rings is 6. The summed E-state index contributed by atoms with van der Waals surface area (Å²) >= 11 is 0. The van der Waals surface area contributed by atoms with E-state index in [9.17, 15) is 0 Å². The summed E-state index contributed by atoms with van der Waals surface area (Å²) in [5.41, 5.74) is 10.1. The van der Waals surface area contributed by atoms with Crippen LogP contribution in [0.3, 0.4) is 0 Å². The average molecular weight is 472 g/mol. The molecule has 0 atom stereocenters. The first-order valence-electron chi connectivity index (χ1n) is 12.9. The molecule has 6 aromatic carbocycles. The second kappa shape index (κ2) is 7.44. The molecule has 1 aliphatic carbocycles. The summed E-state index contributed by atoms with van der Waals surface area (Å²) in [6.07, 6.45) is 0. The van der Waals surface area contributed by atoms with E-state index in [0.717, 1.165) is 0 Å². The molecule has 1 nitrogen and oxygen atoms in total. The number of hydrogen-bond acceptors (Lipinski definition) is 0. The molecule has 0 N–H and O–H groups in total. The van der Waals surface area contributed by atoms with E-state index in [4.69, 9.17) is 0 Å². The molecule has 0 amide bonds. The summed E-state index contributed by atoms with van der Waals surface area (Å²) in [5.74, 6) is 0. The molecule has 1 aliphatic rings. The van der Waals surface area contributed by atoms with Gasteiger partial charge >= 0.3 is 0 Å². The van der Waals surface area contributed by atoms with Gasteiger partial charge in [-0.3, -0.25) is 0 Å². The van der Waals surface area contributed by atoms with Crippen molar-refractivity contribution in [3.8, 4) is 11.1 Å². The topological polar surface area (TPSA) is 4.93 Å². The van der Waals surface area contributed by atoms with Crippen molar-refractivity contribution in [1.82, 2.24) is 4.57 Å². The normalized spacial score (nSPS) is 13.8. The minimum Gasteiger partial charge on any atom is -0.344 e. The van der Waals surface area contributed by atoms with E-state index in [0.29, 0.717) is 0 Å². The zero-order valence-electron chi connectivity index (χ0n) is 20.6. The number of aromatic nitrogens is 1. The number of nitrogens with zero attached hydrogens (tertiary/aromatic N) is 1. The molecule has 1 aromatic heterocycles. The van der Waals surface area contributed by atoms with Crippen LogP contribution in [-0.4, -0.2) is 4.57 Å². The maximum absolute atomic E-state index is 2.48. The van der Waals surface area contributed by atoms with Crippen molar-refractivity contribution in [3.05, 3.63) is 156 Å². The summed E-state index contributed by atoms with van der Waals surface area (Å²) < 4.78 is 2.34. The van der Waals surface area contributed by atoms with E-state index in [-0.39, 0.29) is 0 Å². The van der Waals surface area contributed by atoms with Crippen LogP contribution in [0.2, 0.25) is 0 Å². The maximum Gasteiger partial charge on any atom is 0.0714 e. The number of rotatable bonds is 2. The Morgan fingerprint density at radius 2 is 1.00 bits per heavy atom. The molecule has 37 heavy (non-hydrogen) atoms. The lowest BCUT2D eigenvalue weighted by molar-refractivity contribution is 0.770. The fourth-order valence-electron chi connectivity index (χ4n) is 6.82. The molecule has 0 fully saturated rings. The maximum atomic E-state index is 2.48. The van der Waals surface area contributed by atoms with Gasteiger partial charge in [0.05, 0.1) is 5.41 Å². The van der Waals surface area contributed by atoms with Crippen LogP contribution in [0.25, 0.3) is 43.7 Å². The Morgan fingerprint density at radius 3 is 1.70 bits per heavy atom. The van der Waals surface area contributed by atoms with Crippen LogP contribution in [-0.2, 0) is 12.5 Å². The highest BCUT2D eigenvalue weighted by molar-refractivity contribution is 6.11. The lowest BCUT2D eigenvalue weighted by Crippen LogP contribution is -2.28. The molecule has 7 aromatic rings. The smallest absolute Gasteiger partial charge is 0.0714 e. The van der Waals surface area contributed by atoms with E-state index in [1.54, 1.807) is 0 Å². The van der Waals surface area contributed by atoms with Gasteiger partial charge in [-0.05, 0) is 74.5 Å². The third-order valence-electron chi connectivity index (χ3n) is 8.45. The Labute approximate surface area is 216 Å². The molecule has 0 bridgehead atoms. The molecule has 0 saturated heterocycles. The molecule has 1 heteroatoms. The zero-order valence-corrected chi connectivity index (χ0v) is 20.6. The SMILES string of the molecule is Cn1c2ccccc2c2cc3c(cc21)-c1cc2ccccc2cc1C3(c1ccccc1)c1ccccc1. The third kappa shape index (κ3) is 2.64. The van der Waals surface area contributed by atoms with Gasteiger partial charge in [0.1, 0.15) is 0 Å². The van der Waals surface area contributed by atoms with Crippen LogP contribution in [0.4, 0.5) is 0 Å². The van der Waals surface area contributed by atoms with E-state index in [1.807, 2.05) is 0 Å². The molecular formula is C36H25N. The van der Waals surface area contributed by atoms with Gasteiger partial charge < -0.3 is 4.57 Å². The van der Waals surface area contributed by atoms with E-state index >= 15 is 0 Å². The van der Waals surface area contributed by atoms with Crippen LogP contribution < -0.4 is 0 Å². The Hall–Kier alpha value is -4.62. The lowest BCUT2D eigenvalue weighted by atomic mass is 9.67. The van der Waals surface area contributed by atoms with Crippen LogP contribution in [0, 0.1) is 0 Å². The first-order chi connectivity index (χ1) is 18.3. The second-order valence-corrected chi connectivity index (χ2v) is 10.2. The summed E-state index contributed by atoms with van der Waals surface area (Å²) in [6.45, 7) is 0. The minimum atomic E-state index is -0.400. The van der Waals surface area contributed by atoms with Crippen molar-refractivity contribution in [1.29, 1.82) is 0 Å². The fraction of sp³-hybridized carbons (Fsp3) is 0.0556. The predicted molar refractivity (Wildman–Crippen MR) is 155 cm³/mol. The molecule has 0 unspecified atom stereocenters. The van der Waals surface area contributed by atoms with Crippen molar-refractivity contribution in [2.45, 2.75) is 5.41 Å². The standard InChI is InChI=1S/C36H25N/c1-37-34-19-11-10-18-28(34)31-22-33-30(23-35(31)37)29-20-24-12-8-9-13-25(24)21-32(29)36(33,26-14-4-2-5-15-26)27-16-6-3-7-17-27/h2-23H,1H3. The molecule has 0 spiro atoms. The molecule has 0 saturated carbocycles. The van der Waals surface area contributed by atoms with E-state index in [1.165, 1.54) is 66.0 Å². The summed E-state index contributed by atoms with van der Waals surface area (Å²) in [5, 5.41) is 5.17. The van der Waals surface area contributed by atoms with Gasteiger partial charge in [0.25, 0.3) is 0 Å². The van der Waals surface area contributed by atoms with Gasteiger partial charge in [-0.25, -0.2) is 0 Å². The quantitative estimate of drug-likeness (QED) is 0.237. The Kier molecular flexibility index (Phi) is 4.14. The summed E-state index contributed by atoms with van der Waals surface area (Å²) in [4.78, 5) is 0. The highest BCUT2D eigenvalue weighted by Gasteiger charge is 2.46. The van der Waals surface area contributed by atoms with E-state index in [2.05, 4.69) is 145 Å². The van der Waals surface area contributed by atoms with Crippen molar-refractivity contribution < 1.29 is 0 Å². The number of fused-ring (bicyclic) bond motifs is 7. The highest BCUT2D eigenvalue weighted by Crippen LogP contribution is 2.58. The van der Waals surface area contributed by atoms with Gasteiger partial charge in [-0.15, -0.1) is 0 Å². The zero-order chi connectivity index (χ0) is 24.6. The Balaban J connectivity index is 1.62. The van der Waals surface area contributed by atoms with E-state index < -0.39 is 5.41 Å². The van der Waals surface area contributed by atoms with Crippen molar-refractivity contribution in [2.75, 3.05) is 0 Å². The molecule has 8 rings (SSSR count). The van der Waals surface area contributed by atoms with Crippen LogP contribution in [0.5, 0.6) is 0 Å². The highest BCUT2D eigenvalue weighted by atomic mass is 14.9. The van der Waals surface area contributed by atoms with Crippen LogP contribution in [0.15, 0.2) is 133 Å². The largest absolute Gasteiger partial charge is 0.344 e. The Morgan fingerprint density at radius 1 is 0.459 bits per heavy atom. The fourth-order valence-corrected chi connectivity index (χ4v) is 6.82. The van der Waals surface area contributed by atoms with Crippen molar-refractivity contribution in [2.24, 2.45) is 7.05 Å². The van der Waals surface area contributed by atoms with Gasteiger partial charge in [0.15, 0.2) is 0 Å². The molecule has 0 aliphatic heterocycles. The predicted octanol–water partition coefficient (Wildman–Crippen LogP) is 8.85. The van der Waals surface area contributed by atoms with Crippen molar-refractivity contribution in [3.63, 3.8) is 0 Å². The molecular weight excluding hydrogens is 446 g/mol. The average Bonchev–Trinajstić information content (AvgIpc) is 3.40. The van der Waals surface area contributed by atoms with Crippen LogP contribution >= 0.6 is 0 Å². The third-order valence-corrected chi connectivity index (χ3v) is 8.45. The summed E-state index contributed by atoms with van der Waals surface area (Å²) in [7, 11) is 2.19. The molecule has 1 heterocycles. The van der Waals surface area contributed by atoms with Crippen LogP contribution in [0.1, 0.15) is 22.3 Å². The monoisotopic (exact) mass is 471 g/mol. The van der Waals surface area contributed by atoms with Gasteiger partial charge in [-0.2, -0.15) is 0 Å². The Bertz CT molecular complexity index is 1940. The van der Waals surface area contributed by atoms with Crippen molar-refractivity contribution >= 4 is 32.6 Å². The second-order valence-electron chi connectivity index (χ2n) is 10.2. The van der Waals surface area contributed by atoms with Gasteiger partial charge in [0.2, 0.25) is 0 Å². The van der Waals surface area contributed by atoms with Gasteiger partial charge in [0, 0.05) is 28.9 Å². The first-order valence-corrected chi connectivity index (χ1v) is 12.9. The molecule has 174 valence electrons. The first kappa shape index (κ1) is 20.6. The summed E-state index contributed by atoms with van der Waals surface area (Å²) in [6, 6.07) is 49.4. The minimum absolute atomic E-state index is 0.400. The number of hydrogen-bond donors (Lipinski definition) is 0. The van der Waals surface area contributed by atoms with Gasteiger partial charge in [-0.1, -0.05) is 103 Å².